The Morgan fingerprint density at radius 3 is 2.27 bits per heavy atom. The first-order chi connectivity index (χ1) is 12.7. The molecule has 1 N–H and O–H groups in total. The molecule has 4 heteroatoms. The van der Waals surface area contributed by atoms with E-state index in [0.29, 0.717) is 13.2 Å². The minimum atomic E-state index is -0.542. The minimum Gasteiger partial charge on any atom is -0.491 e. The van der Waals surface area contributed by atoms with Crippen LogP contribution < -0.4 is 4.74 Å². The van der Waals surface area contributed by atoms with Gasteiger partial charge in [0.2, 0.25) is 0 Å². The maximum absolute atomic E-state index is 10.5. The number of nitrogens with zero attached hydrogens (tertiary/aromatic N) is 1. The molecule has 3 rings (SSSR count). The lowest BCUT2D eigenvalue weighted by molar-refractivity contribution is 0.0632. The summed E-state index contributed by atoms with van der Waals surface area (Å²) in [5, 5.41) is 10.5. The summed E-state index contributed by atoms with van der Waals surface area (Å²) in [6.07, 6.45) is -0.542. The van der Waals surface area contributed by atoms with Crippen LogP contribution in [0.5, 0.6) is 5.75 Å². The Morgan fingerprint density at radius 2 is 1.62 bits per heavy atom. The molecular formula is C22H25NO2S. The molecule has 3 nitrogen and oxygen atoms in total. The van der Waals surface area contributed by atoms with E-state index in [1.54, 1.807) is 0 Å². The monoisotopic (exact) mass is 367 g/mol. The third kappa shape index (κ3) is 5.99. The number of rotatable bonds is 9. The van der Waals surface area contributed by atoms with Gasteiger partial charge in [-0.25, -0.2) is 0 Å². The highest BCUT2D eigenvalue weighted by Crippen LogP contribution is 2.19. The van der Waals surface area contributed by atoms with Gasteiger partial charge in [-0.05, 0) is 36.8 Å². The molecule has 1 heterocycles. The average molecular weight is 368 g/mol. The summed E-state index contributed by atoms with van der Waals surface area (Å²) in [4.78, 5) is 4.90. The molecule has 26 heavy (non-hydrogen) atoms. The van der Waals surface area contributed by atoms with Gasteiger partial charge in [0.25, 0.3) is 0 Å². The quantitative estimate of drug-likeness (QED) is 0.604. The summed E-state index contributed by atoms with van der Waals surface area (Å²) in [5.74, 6) is 0.787. The number of aliphatic hydroxyl groups is 1. The van der Waals surface area contributed by atoms with Crippen molar-refractivity contribution in [2.45, 2.75) is 26.1 Å². The largest absolute Gasteiger partial charge is 0.491 e. The highest BCUT2D eigenvalue weighted by Gasteiger charge is 2.14. The molecule has 0 unspecified atom stereocenters. The lowest BCUT2D eigenvalue weighted by atomic mass is 10.2. The van der Waals surface area contributed by atoms with E-state index in [1.165, 1.54) is 15.3 Å². The molecule has 3 aromatic rings. The maximum Gasteiger partial charge on any atom is 0.119 e. The normalized spacial score (nSPS) is 12.3. The fraction of sp³-hybridized carbons (Fsp3) is 0.273. The van der Waals surface area contributed by atoms with Crippen molar-refractivity contribution in [2.75, 3.05) is 13.2 Å². The van der Waals surface area contributed by atoms with Crippen LogP contribution in [0.1, 0.15) is 15.3 Å². The number of aliphatic hydroxyl groups excluding tert-OH is 1. The molecular weight excluding hydrogens is 342 g/mol. The van der Waals surface area contributed by atoms with Gasteiger partial charge in [0.05, 0.1) is 0 Å². The molecule has 0 aliphatic heterocycles. The van der Waals surface area contributed by atoms with Crippen molar-refractivity contribution in [1.82, 2.24) is 4.90 Å². The van der Waals surface area contributed by atoms with Crippen LogP contribution in [0.2, 0.25) is 0 Å². The molecule has 1 aromatic heterocycles. The van der Waals surface area contributed by atoms with E-state index in [-0.39, 0.29) is 0 Å². The van der Waals surface area contributed by atoms with Crippen LogP contribution in [0.4, 0.5) is 0 Å². The highest BCUT2D eigenvalue weighted by molar-refractivity contribution is 7.11. The number of ether oxygens (including phenoxy) is 1. The van der Waals surface area contributed by atoms with Gasteiger partial charge in [-0.2, -0.15) is 0 Å². The lowest BCUT2D eigenvalue weighted by Crippen LogP contribution is -2.34. The predicted molar refractivity (Wildman–Crippen MR) is 108 cm³/mol. The van der Waals surface area contributed by atoms with Crippen LogP contribution in [0.3, 0.4) is 0 Å². The summed E-state index contributed by atoms with van der Waals surface area (Å²) < 4.78 is 5.70. The lowest BCUT2D eigenvalue weighted by Gasteiger charge is -2.25. The van der Waals surface area contributed by atoms with E-state index in [2.05, 4.69) is 48.2 Å². The van der Waals surface area contributed by atoms with E-state index in [0.717, 1.165) is 18.8 Å². The fourth-order valence-electron chi connectivity index (χ4n) is 2.88. The van der Waals surface area contributed by atoms with Crippen LogP contribution in [-0.2, 0) is 13.1 Å². The number of hydrogen-bond acceptors (Lipinski definition) is 4. The third-order valence-electron chi connectivity index (χ3n) is 4.08. The van der Waals surface area contributed by atoms with Crippen molar-refractivity contribution >= 4 is 11.3 Å². The second-order valence-corrected chi connectivity index (χ2v) is 7.82. The van der Waals surface area contributed by atoms with Gasteiger partial charge in [0.1, 0.15) is 18.5 Å². The number of benzene rings is 2. The molecule has 0 bridgehead atoms. The van der Waals surface area contributed by atoms with Gasteiger partial charge in [-0.1, -0.05) is 48.5 Å². The zero-order chi connectivity index (χ0) is 18.2. The molecule has 0 amide bonds. The molecule has 0 radical (unpaired) electrons. The Bertz CT molecular complexity index is 773. The van der Waals surface area contributed by atoms with Crippen LogP contribution in [0.25, 0.3) is 0 Å². The summed E-state index contributed by atoms with van der Waals surface area (Å²) in [7, 11) is 0. The smallest absolute Gasteiger partial charge is 0.119 e. The maximum atomic E-state index is 10.5. The summed E-state index contributed by atoms with van der Waals surface area (Å²) >= 11 is 1.81. The molecule has 0 saturated heterocycles. The zero-order valence-electron chi connectivity index (χ0n) is 15.0. The van der Waals surface area contributed by atoms with E-state index < -0.39 is 6.10 Å². The number of para-hydroxylation sites is 1. The van der Waals surface area contributed by atoms with Crippen molar-refractivity contribution in [3.63, 3.8) is 0 Å². The fourth-order valence-corrected chi connectivity index (χ4v) is 3.81. The average Bonchev–Trinajstić information content (AvgIpc) is 3.06. The van der Waals surface area contributed by atoms with Crippen LogP contribution >= 0.6 is 11.3 Å². The Kier molecular flexibility index (Phi) is 6.83. The standard InChI is InChI=1S/C22H25NO2S/c1-18-12-13-22(26-18)16-23(14-19-8-4-2-5-9-19)15-20(24)17-25-21-10-6-3-7-11-21/h2-13,20,24H,14-17H2,1H3/t20-/m0/s1. The zero-order valence-corrected chi connectivity index (χ0v) is 15.9. The number of thiophene rings is 1. The van der Waals surface area contributed by atoms with Gasteiger partial charge >= 0.3 is 0 Å². The SMILES string of the molecule is Cc1ccc(CN(Cc2ccccc2)C[C@H](O)COc2ccccc2)s1. The first kappa shape index (κ1) is 18.6. The van der Waals surface area contributed by atoms with Crippen LogP contribution in [0, 0.1) is 6.92 Å². The van der Waals surface area contributed by atoms with E-state index in [1.807, 2.05) is 47.7 Å². The summed E-state index contributed by atoms with van der Waals surface area (Å²) in [6.45, 7) is 4.62. The topological polar surface area (TPSA) is 32.7 Å². The van der Waals surface area contributed by atoms with Gasteiger partial charge in [0.15, 0.2) is 0 Å². The highest BCUT2D eigenvalue weighted by atomic mass is 32.1. The van der Waals surface area contributed by atoms with Crippen molar-refractivity contribution in [3.05, 3.63) is 88.1 Å². The molecule has 0 aliphatic rings. The second-order valence-electron chi connectivity index (χ2n) is 6.45. The van der Waals surface area contributed by atoms with Crippen LogP contribution in [0.15, 0.2) is 72.8 Å². The first-order valence-corrected chi connectivity index (χ1v) is 9.68. The first-order valence-electron chi connectivity index (χ1n) is 8.86. The number of aryl methyl sites for hydroxylation is 1. The van der Waals surface area contributed by atoms with Crippen molar-refractivity contribution in [2.24, 2.45) is 0 Å². The van der Waals surface area contributed by atoms with E-state index in [9.17, 15) is 5.11 Å². The van der Waals surface area contributed by atoms with Crippen molar-refractivity contribution < 1.29 is 9.84 Å². The van der Waals surface area contributed by atoms with Gasteiger partial charge in [-0.15, -0.1) is 11.3 Å². The Hall–Kier alpha value is -2.14. The molecule has 0 spiro atoms. The van der Waals surface area contributed by atoms with E-state index >= 15 is 0 Å². The molecule has 0 saturated carbocycles. The van der Waals surface area contributed by atoms with Crippen molar-refractivity contribution in [3.8, 4) is 5.75 Å². The summed E-state index contributed by atoms with van der Waals surface area (Å²) in [6, 6.07) is 24.3. The van der Waals surface area contributed by atoms with Gasteiger partial charge in [0, 0.05) is 29.4 Å². The van der Waals surface area contributed by atoms with Crippen molar-refractivity contribution in [1.29, 1.82) is 0 Å². The summed E-state index contributed by atoms with van der Waals surface area (Å²) in [5.41, 5.74) is 1.25. The molecule has 0 fully saturated rings. The molecule has 136 valence electrons. The Morgan fingerprint density at radius 1 is 0.923 bits per heavy atom. The van der Waals surface area contributed by atoms with Gasteiger partial charge in [-0.3, -0.25) is 4.90 Å². The Balaban J connectivity index is 1.60. The van der Waals surface area contributed by atoms with E-state index in [4.69, 9.17) is 4.74 Å². The molecule has 2 aromatic carbocycles. The van der Waals surface area contributed by atoms with Crippen LogP contribution in [-0.4, -0.2) is 29.3 Å². The predicted octanol–water partition coefficient (Wildman–Crippen LogP) is 4.50. The molecule has 1 atom stereocenters. The third-order valence-corrected chi connectivity index (χ3v) is 5.06. The second kappa shape index (κ2) is 9.53. The van der Waals surface area contributed by atoms with Gasteiger partial charge < -0.3 is 9.84 Å². The molecule has 0 aliphatic carbocycles. The minimum absolute atomic E-state index is 0.290. The Labute approximate surface area is 159 Å². The number of hydrogen-bond donors (Lipinski definition) is 1.